The number of hydrogen-bond donors (Lipinski definition) is 0. The van der Waals surface area contributed by atoms with Gasteiger partial charge in [-0.05, 0) is 19.1 Å². The van der Waals surface area contributed by atoms with Gasteiger partial charge in [-0.1, -0.05) is 25.4 Å². The summed E-state index contributed by atoms with van der Waals surface area (Å²) in [6.45, 7) is 5.93. The van der Waals surface area contributed by atoms with Gasteiger partial charge in [-0.15, -0.1) is 0 Å². The summed E-state index contributed by atoms with van der Waals surface area (Å²) in [5, 5.41) is 0.690. The smallest absolute Gasteiger partial charge is 0.0589 e. The fourth-order valence-corrected chi connectivity index (χ4v) is 0.562. The fraction of sp³-hybridized carbons (Fsp3) is 0.375. The molecule has 0 aromatic carbocycles. The maximum absolute atomic E-state index is 5.55. The molecule has 0 radical (unpaired) electrons. The number of rotatable bonds is 0. The second-order valence-electron chi connectivity index (χ2n) is 1.62. The number of pyridine rings is 1. The highest BCUT2D eigenvalue weighted by molar-refractivity contribution is 6.30. The average molecular weight is 158 g/mol. The van der Waals surface area contributed by atoms with Gasteiger partial charge in [0.05, 0.1) is 5.02 Å². The molecular weight excluding hydrogens is 146 g/mol. The van der Waals surface area contributed by atoms with Gasteiger partial charge in [-0.25, -0.2) is 0 Å². The molecule has 2 heteroatoms. The highest BCUT2D eigenvalue weighted by Gasteiger charge is 1.83. The van der Waals surface area contributed by atoms with Crippen LogP contribution in [0.3, 0.4) is 0 Å². The van der Waals surface area contributed by atoms with Crippen LogP contribution in [0.25, 0.3) is 0 Å². The Hall–Kier alpha value is -0.560. The van der Waals surface area contributed by atoms with Gasteiger partial charge in [0.2, 0.25) is 0 Å². The van der Waals surface area contributed by atoms with Crippen LogP contribution in [0.4, 0.5) is 0 Å². The Labute approximate surface area is 67.1 Å². The molecular formula is C8H12ClN. The quantitative estimate of drug-likeness (QED) is 0.564. The minimum absolute atomic E-state index is 0.690. The van der Waals surface area contributed by atoms with Crippen LogP contribution in [-0.4, -0.2) is 4.98 Å². The zero-order valence-electron chi connectivity index (χ0n) is 6.56. The van der Waals surface area contributed by atoms with Crippen molar-refractivity contribution in [1.29, 1.82) is 0 Å². The molecule has 1 aromatic heterocycles. The van der Waals surface area contributed by atoms with E-state index in [-0.39, 0.29) is 0 Å². The summed E-state index contributed by atoms with van der Waals surface area (Å²) in [5.74, 6) is 0. The summed E-state index contributed by atoms with van der Waals surface area (Å²) in [6.07, 6.45) is 1.64. The van der Waals surface area contributed by atoms with Gasteiger partial charge < -0.3 is 0 Å². The molecule has 0 fully saturated rings. The van der Waals surface area contributed by atoms with Crippen LogP contribution in [0.15, 0.2) is 18.3 Å². The molecule has 0 N–H and O–H groups in total. The SMILES string of the molecule is CC.Cc1ccc(Cl)cn1. The van der Waals surface area contributed by atoms with Crippen LogP contribution in [0, 0.1) is 6.92 Å². The Balaban J connectivity index is 0.000000371. The second-order valence-corrected chi connectivity index (χ2v) is 2.05. The Morgan fingerprint density at radius 1 is 1.30 bits per heavy atom. The normalized spacial score (nSPS) is 8.00. The van der Waals surface area contributed by atoms with Crippen molar-refractivity contribution in [2.75, 3.05) is 0 Å². The molecule has 0 spiro atoms. The summed E-state index contributed by atoms with van der Waals surface area (Å²) in [7, 11) is 0. The van der Waals surface area contributed by atoms with Crippen LogP contribution in [-0.2, 0) is 0 Å². The second kappa shape index (κ2) is 5.24. The molecule has 0 aliphatic carbocycles. The standard InChI is InChI=1S/C6H6ClN.C2H6/c1-5-2-3-6(7)4-8-5;1-2/h2-4H,1H3;1-2H3. The van der Waals surface area contributed by atoms with Crippen molar-refractivity contribution in [3.05, 3.63) is 29.0 Å². The van der Waals surface area contributed by atoms with E-state index in [1.165, 1.54) is 0 Å². The molecule has 0 aliphatic heterocycles. The molecule has 0 atom stereocenters. The van der Waals surface area contributed by atoms with E-state index in [4.69, 9.17) is 11.6 Å². The van der Waals surface area contributed by atoms with Crippen molar-refractivity contribution in [3.8, 4) is 0 Å². The van der Waals surface area contributed by atoms with E-state index in [9.17, 15) is 0 Å². The lowest BCUT2D eigenvalue weighted by molar-refractivity contribution is 1.20. The first-order chi connectivity index (χ1) is 4.79. The first-order valence-electron chi connectivity index (χ1n) is 3.37. The van der Waals surface area contributed by atoms with Gasteiger partial charge in [-0.3, -0.25) is 4.98 Å². The number of nitrogens with zero attached hydrogens (tertiary/aromatic N) is 1. The van der Waals surface area contributed by atoms with E-state index in [0.29, 0.717) is 5.02 Å². The molecule has 56 valence electrons. The van der Waals surface area contributed by atoms with Gasteiger partial charge in [0.25, 0.3) is 0 Å². The van der Waals surface area contributed by atoms with E-state index in [0.717, 1.165) is 5.69 Å². The van der Waals surface area contributed by atoms with Gasteiger partial charge in [0.15, 0.2) is 0 Å². The zero-order valence-corrected chi connectivity index (χ0v) is 7.31. The highest BCUT2D eigenvalue weighted by Crippen LogP contribution is 2.04. The monoisotopic (exact) mass is 157 g/mol. The van der Waals surface area contributed by atoms with Gasteiger partial charge in [-0.2, -0.15) is 0 Å². The zero-order chi connectivity index (χ0) is 7.98. The molecule has 1 rings (SSSR count). The Morgan fingerprint density at radius 2 is 1.90 bits per heavy atom. The predicted molar refractivity (Wildman–Crippen MR) is 45.3 cm³/mol. The summed E-state index contributed by atoms with van der Waals surface area (Å²) < 4.78 is 0. The molecule has 0 bridgehead atoms. The van der Waals surface area contributed by atoms with Crippen LogP contribution < -0.4 is 0 Å². The largest absolute Gasteiger partial charge is 0.260 e. The molecule has 0 amide bonds. The molecule has 0 aliphatic rings. The van der Waals surface area contributed by atoms with Crippen molar-refractivity contribution in [3.63, 3.8) is 0 Å². The van der Waals surface area contributed by atoms with Crippen molar-refractivity contribution in [2.45, 2.75) is 20.8 Å². The first kappa shape index (κ1) is 9.44. The van der Waals surface area contributed by atoms with Crippen LogP contribution in [0.5, 0.6) is 0 Å². The molecule has 0 unspecified atom stereocenters. The van der Waals surface area contributed by atoms with Crippen molar-refractivity contribution in [2.24, 2.45) is 0 Å². The first-order valence-corrected chi connectivity index (χ1v) is 3.75. The van der Waals surface area contributed by atoms with E-state index in [1.54, 1.807) is 6.20 Å². The van der Waals surface area contributed by atoms with Crippen LogP contribution >= 0.6 is 11.6 Å². The van der Waals surface area contributed by atoms with Crippen molar-refractivity contribution in [1.82, 2.24) is 4.98 Å². The molecule has 0 saturated heterocycles. The van der Waals surface area contributed by atoms with Gasteiger partial charge in [0.1, 0.15) is 0 Å². The lowest BCUT2D eigenvalue weighted by atomic mass is 10.4. The molecule has 1 heterocycles. The van der Waals surface area contributed by atoms with Gasteiger partial charge >= 0.3 is 0 Å². The third-order valence-electron chi connectivity index (χ3n) is 0.875. The Kier molecular flexibility index (Phi) is 4.95. The molecule has 10 heavy (non-hydrogen) atoms. The maximum Gasteiger partial charge on any atom is 0.0589 e. The summed E-state index contributed by atoms with van der Waals surface area (Å²) in [5.41, 5.74) is 0.995. The minimum atomic E-state index is 0.690. The number of aromatic nitrogens is 1. The third-order valence-corrected chi connectivity index (χ3v) is 1.10. The summed E-state index contributed by atoms with van der Waals surface area (Å²) >= 11 is 5.55. The third kappa shape index (κ3) is 3.46. The minimum Gasteiger partial charge on any atom is -0.260 e. The number of aryl methyl sites for hydroxylation is 1. The molecule has 1 nitrogen and oxygen atoms in total. The van der Waals surface area contributed by atoms with Gasteiger partial charge in [0, 0.05) is 11.9 Å². The van der Waals surface area contributed by atoms with Crippen molar-refractivity contribution >= 4 is 11.6 Å². The highest BCUT2D eigenvalue weighted by atomic mass is 35.5. The van der Waals surface area contributed by atoms with Crippen LogP contribution in [0.2, 0.25) is 5.02 Å². The van der Waals surface area contributed by atoms with E-state index in [1.807, 2.05) is 32.9 Å². The Bertz CT molecular complexity index is 148. The Morgan fingerprint density at radius 3 is 2.20 bits per heavy atom. The number of halogens is 1. The molecule has 1 aromatic rings. The fourth-order valence-electron chi connectivity index (χ4n) is 0.450. The lowest BCUT2D eigenvalue weighted by Gasteiger charge is -1.87. The summed E-state index contributed by atoms with van der Waals surface area (Å²) in [6, 6.07) is 3.70. The number of hydrogen-bond acceptors (Lipinski definition) is 1. The maximum atomic E-state index is 5.55. The topological polar surface area (TPSA) is 12.9 Å². The van der Waals surface area contributed by atoms with Crippen LogP contribution in [0.1, 0.15) is 19.5 Å². The van der Waals surface area contributed by atoms with Crippen molar-refractivity contribution < 1.29 is 0 Å². The van der Waals surface area contributed by atoms with E-state index >= 15 is 0 Å². The summed E-state index contributed by atoms with van der Waals surface area (Å²) in [4.78, 5) is 3.95. The average Bonchev–Trinajstić information content (AvgIpc) is 2.00. The molecule has 0 saturated carbocycles. The predicted octanol–water partition coefficient (Wildman–Crippen LogP) is 3.07. The lowest BCUT2D eigenvalue weighted by Crippen LogP contribution is -1.75. The van der Waals surface area contributed by atoms with E-state index in [2.05, 4.69) is 4.98 Å². The van der Waals surface area contributed by atoms with E-state index < -0.39 is 0 Å².